The van der Waals surface area contributed by atoms with Gasteiger partial charge in [-0.15, -0.1) is 0 Å². The van der Waals surface area contributed by atoms with Crippen molar-refractivity contribution in [2.75, 3.05) is 12.8 Å². The summed E-state index contributed by atoms with van der Waals surface area (Å²) in [6, 6.07) is 2.10. The molecular formula is C10H13N3O. The van der Waals surface area contributed by atoms with E-state index < -0.39 is 0 Å². The minimum atomic E-state index is -0.189. The highest BCUT2D eigenvalue weighted by Crippen LogP contribution is 2.26. The predicted molar refractivity (Wildman–Crippen MR) is 53.5 cm³/mol. The van der Waals surface area contributed by atoms with E-state index in [1.54, 1.807) is 20.2 Å². The number of ether oxygens (including phenoxy) is 1. The third-order valence-corrected chi connectivity index (χ3v) is 2.21. The van der Waals surface area contributed by atoms with Crippen LogP contribution in [-0.4, -0.2) is 12.1 Å². The Hall–Kier alpha value is -1.60. The van der Waals surface area contributed by atoms with E-state index in [1.165, 1.54) is 0 Å². The van der Waals surface area contributed by atoms with Crippen LogP contribution in [0.2, 0.25) is 0 Å². The number of rotatable bonds is 2. The summed E-state index contributed by atoms with van der Waals surface area (Å²) in [4.78, 5) is 4.02. The van der Waals surface area contributed by atoms with Crippen molar-refractivity contribution in [3.8, 4) is 6.07 Å². The minimum absolute atomic E-state index is 0.189. The predicted octanol–water partition coefficient (Wildman–Crippen LogP) is 1.55. The summed E-state index contributed by atoms with van der Waals surface area (Å²) >= 11 is 0. The summed E-state index contributed by atoms with van der Waals surface area (Å²) in [5.41, 5.74) is 8.17. The molecule has 0 spiro atoms. The van der Waals surface area contributed by atoms with Crippen molar-refractivity contribution in [3.05, 3.63) is 23.0 Å². The van der Waals surface area contributed by atoms with Crippen molar-refractivity contribution in [2.24, 2.45) is 0 Å². The zero-order chi connectivity index (χ0) is 10.7. The number of hydrogen-bond acceptors (Lipinski definition) is 4. The van der Waals surface area contributed by atoms with Crippen molar-refractivity contribution >= 4 is 5.69 Å². The number of aryl methyl sites for hydroxylation is 1. The molecule has 74 valence electrons. The molecule has 0 fully saturated rings. The van der Waals surface area contributed by atoms with Gasteiger partial charge in [0.2, 0.25) is 0 Å². The third-order valence-electron chi connectivity index (χ3n) is 2.21. The average molecular weight is 191 g/mol. The van der Waals surface area contributed by atoms with Crippen LogP contribution in [-0.2, 0) is 4.74 Å². The van der Waals surface area contributed by atoms with Gasteiger partial charge in [-0.1, -0.05) is 0 Å². The quantitative estimate of drug-likeness (QED) is 0.769. The molecule has 0 aliphatic rings. The maximum absolute atomic E-state index is 8.97. The molecule has 0 saturated heterocycles. The maximum atomic E-state index is 8.97. The molecule has 0 amide bonds. The lowest BCUT2D eigenvalue weighted by Gasteiger charge is -2.14. The zero-order valence-electron chi connectivity index (χ0n) is 8.53. The Morgan fingerprint density at radius 1 is 1.64 bits per heavy atom. The summed E-state index contributed by atoms with van der Waals surface area (Å²) < 4.78 is 5.16. The van der Waals surface area contributed by atoms with Crippen LogP contribution in [0.25, 0.3) is 0 Å². The van der Waals surface area contributed by atoms with E-state index in [9.17, 15) is 0 Å². The lowest BCUT2D eigenvalue weighted by atomic mass is 10.0. The molecule has 0 aliphatic carbocycles. The van der Waals surface area contributed by atoms with Crippen LogP contribution in [0, 0.1) is 18.3 Å². The Bertz CT molecular complexity index is 382. The molecule has 1 unspecified atom stereocenters. The molecule has 1 aromatic rings. The Morgan fingerprint density at radius 3 is 2.79 bits per heavy atom. The maximum Gasteiger partial charge on any atom is 0.102 e. The van der Waals surface area contributed by atoms with E-state index in [0.717, 1.165) is 5.56 Å². The Labute approximate surface area is 83.3 Å². The SMILES string of the molecule is COC(C)c1c(N)cnc(C)c1C#N. The van der Waals surface area contributed by atoms with Crippen molar-refractivity contribution in [1.82, 2.24) is 4.98 Å². The van der Waals surface area contributed by atoms with E-state index in [-0.39, 0.29) is 6.10 Å². The molecule has 14 heavy (non-hydrogen) atoms. The first-order valence-electron chi connectivity index (χ1n) is 4.29. The van der Waals surface area contributed by atoms with Crippen LogP contribution < -0.4 is 5.73 Å². The first-order valence-corrected chi connectivity index (χ1v) is 4.29. The summed E-state index contributed by atoms with van der Waals surface area (Å²) in [5.74, 6) is 0. The number of pyridine rings is 1. The fourth-order valence-electron chi connectivity index (χ4n) is 1.34. The number of anilines is 1. The van der Waals surface area contributed by atoms with Gasteiger partial charge in [-0.05, 0) is 13.8 Å². The van der Waals surface area contributed by atoms with Gasteiger partial charge in [0.25, 0.3) is 0 Å². The summed E-state index contributed by atoms with van der Waals surface area (Å²) in [5, 5.41) is 8.97. The first kappa shape index (κ1) is 10.5. The molecule has 1 atom stereocenters. The minimum Gasteiger partial charge on any atom is -0.397 e. The molecule has 1 rings (SSSR count). The lowest BCUT2D eigenvalue weighted by molar-refractivity contribution is 0.120. The number of methoxy groups -OCH3 is 1. The average Bonchev–Trinajstić information content (AvgIpc) is 2.19. The third kappa shape index (κ3) is 1.68. The largest absolute Gasteiger partial charge is 0.397 e. The van der Waals surface area contributed by atoms with Crippen molar-refractivity contribution in [1.29, 1.82) is 5.26 Å². The zero-order valence-corrected chi connectivity index (χ0v) is 8.53. The van der Waals surface area contributed by atoms with Gasteiger partial charge in [-0.2, -0.15) is 5.26 Å². The normalized spacial score (nSPS) is 12.1. The van der Waals surface area contributed by atoms with Crippen LogP contribution >= 0.6 is 0 Å². The number of nitrogen functional groups attached to an aromatic ring is 1. The van der Waals surface area contributed by atoms with Crippen LogP contribution in [0.1, 0.15) is 29.8 Å². The second kappa shape index (κ2) is 4.07. The van der Waals surface area contributed by atoms with Crippen LogP contribution in [0.5, 0.6) is 0 Å². The van der Waals surface area contributed by atoms with Gasteiger partial charge in [0, 0.05) is 12.7 Å². The highest BCUT2D eigenvalue weighted by molar-refractivity contribution is 5.56. The van der Waals surface area contributed by atoms with Gasteiger partial charge in [0.15, 0.2) is 0 Å². The molecule has 1 heterocycles. The molecule has 2 N–H and O–H groups in total. The van der Waals surface area contributed by atoms with Gasteiger partial charge in [0.05, 0.1) is 29.2 Å². The topological polar surface area (TPSA) is 71.9 Å². The van der Waals surface area contributed by atoms with Crippen molar-refractivity contribution in [2.45, 2.75) is 20.0 Å². The summed E-state index contributed by atoms with van der Waals surface area (Å²) in [6.45, 7) is 3.63. The van der Waals surface area contributed by atoms with Gasteiger partial charge in [0.1, 0.15) is 6.07 Å². The highest BCUT2D eigenvalue weighted by Gasteiger charge is 2.16. The molecule has 4 nitrogen and oxygen atoms in total. The fraction of sp³-hybridized carbons (Fsp3) is 0.400. The second-order valence-corrected chi connectivity index (χ2v) is 3.08. The second-order valence-electron chi connectivity index (χ2n) is 3.08. The monoisotopic (exact) mass is 191 g/mol. The summed E-state index contributed by atoms with van der Waals surface area (Å²) in [6.07, 6.45) is 1.37. The number of nitrogens with two attached hydrogens (primary N) is 1. The molecule has 0 saturated carbocycles. The molecule has 4 heteroatoms. The summed E-state index contributed by atoms with van der Waals surface area (Å²) in [7, 11) is 1.58. The van der Waals surface area contributed by atoms with E-state index >= 15 is 0 Å². The van der Waals surface area contributed by atoms with E-state index in [1.807, 2.05) is 6.92 Å². The Kier molecular flexibility index (Phi) is 3.05. The molecular weight excluding hydrogens is 178 g/mol. The number of nitrogens with zero attached hydrogens (tertiary/aromatic N) is 2. The van der Waals surface area contributed by atoms with E-state index in [2.05, 4.69) is 11.1 Å². The van der Waals surface area contributed by atoms with Crippen LogP contribution in [0.3, 0.4) is 0 Å². The van der Waals surface area contributed by atoms with Crippen molar-refractivity contribution in [3.63, 3.8) is 0 Å². The van der Waals surface area contributed by atoms with E-state index in [4.69, 9.17) is 15.7 Å². The van der Waals surface area contributed by atoms with E-state index in [0.29, 0.717) is 16.9 Å². The number of aromatic nitrogens is 1. The molecule has 1 aromatic heterocycles. The van der Waals surface area contributed by atoms with Gasteiger partial charge < -0.3 is 10.5 Å². The van der Waals surface area contributed by atoms with Crippen LogP contribution in [0.4, 0.5) is 5.69 Å². The molecule has 0 bridgehead atoms. The smallest absolute Gasteiger partial charge is 0.102 e. The van der Waals surface area contributed by atoms with Crippen LogP contribution in [0.15, 0.2) is 6.20 Å². The Balaban J connectivity index is 3.39. The lowest BCUT2D eigenvalue weighted by Crippen LogP contribution is -2.07. The number of nitriles is 1. The Morgan fingerprint density at radius 2 is 2.29 bits per heavy atom. The molecule has 0 aliphatic heterocycles. The van der Waals surface area contributed by atoms with Crippen molar-refractivity contribution < 1.29 is 4.74 Å². The number of hydrogen-bond donors (Lipinski definition) is 1. The molecule has 0 radical (unpaired) electrons. The fourth-order valence-corrected chi connectivity index (χ4v) is 1.34. The van der Waals surface area contributed by atoms with Gasteiger partial charge in [-0.25, -0.2) is 0 Å². The van der Waals surface area contributed by atoms with Gasteiger partial charge >= 0.3 is 0 Å². The first-order chi connectivity index (χ1) is 6.61. The molecule has 0 aromatic carbocycles. The standard InChI is InChI=1S/C10H13N3O/c1-6-8(4-11)10(7(2)14-3)9(12)5-13-6/h5,7H,12H2,1-3H3. The highest BCUT2D eigenvalue weighted by atomic mass is 16.5. The van der Waals surface area contributed by atoms with Gasteiger partial charge in [-0.3, -0.25) is 4.98 Å².